The summed E-state index contributed by atoms with van der Waals surface area (Å²) in [4.78, 5) is 17.3. The first-order chi connectivity index (χ1) is 9.77. The van der Waals surface area contributed by atoms with Crippen molar-refractivity contribution < 1.29 is 4.79 Å². The normalized spacial score (nSPS) is 22.2. The molecule has 1 saturated heterocycles. The molecule has 1 aliphatic heterocycles. The summed E-state index contributed by atoms with van der Waals surface area (Å²) in [6, 6.07) is 7.92. The van der Waals surface area contributed by atoms with Gasteiger partial charge < -0.3 is 5.32 Å². The second-order valence-corrected chi connectivity index (χ2v) is 5.69. The fourth-order valence-electron chi connectivity index (χ4n) is 3.34. The van der Waals surface area contributed by atoms with E-state index in [-0.39, 0.29) is 11.2 Å². The molecule has 2 aromatic rings. The molecule has 0 bridgehead atoms. The molecule has 1 aromatic carbocycles. The van der Waals surface area contributed by atoms with E-state index in [1.54, 1.807) is 6.20 Å². The van der Waals surface area contributed by atoms with Gasteiger partial charge in [-0.2, -0.15) is 0 Å². The monoisotopic (exact) mass is 268 g/mol. The number of benzene rings is 1. The number of aromatic nitrogens is 1. The molecule has 0 amide bonds. The van der Waals surface area contributed by atoms with Crippen molar-refractivity contribution in [3.8, 4) is 0 Å². The molecule has 1 unspecified atom stereocenters. The molecule has 0 saturated carbocycles. The van der Waals surface area contributed by atoms with Crippen LogP contribution in [0, 0.1) is 5.41 Å². The summed E-state index contributed by atoms with van der Waals surface area (Å²) in [6.07, 6.45) is 6.52. The summed E-state index contributed by atoms with van der Waals surface area (Å²) >= 11 is 0. The Balaban J connectivity index is 2.08. The predicted molar refractivity (Wildman–Crippen MR) is 80.9 cm³/mol. The van der Waals surface area contributed by atoms with Gasteiger partial charge in [-0.3, -0.25) is 9.78 Å². The van der Waals surface area contributed by atoms with Crippen molar-refractivity contribution in [3.63, 3.8) is 0 Å². The number of pyridine rings is 1. The molecule has 1 aromatic heterocycles. The Morgan fingerprint density at radius 1 is 1.40 bits per heavy atom. The van der Waals surface area contributed by atoms with Gasteiger partial charge in [-0.25, -0.2) is 0 Å². The van der Waals surface area contributed by atoms with Crippen LogP contribution in [0.2, 0.25) is 0 Å². The van der Waals surface area contributed by atoms with Crippen LogP contribution in [0.4, 0.5) is 0 Å². The summed E-state index contributed by atoms with van der Waals surface area (Å²) < 4.78 is 0. The third kappa shape index (κ3) is 2.12. The first-order valence-corrected chi connectivity index (χ1v) is 7.35. The van der Waals surface area contributed by atoms with Gasteiger partial charge in [-0.15, -0.1) is 0 Å². The Labute approximate surface area is 119 Å². The first kappa shape index (κ1) is 13.3. The van der Waals surface area contributed by atoms with E-state index in [2.05, 4.69) is 17.2 Å². The minimum atomic E-state index is -0.223. The second-order valence-electron chi connectivity index (χ2n) is 5.69. The number of rotatable bonds is 4. The number of nitrogens with zero attached hydrogens (tertiary/aromatic N) is 1. The number of carbonyl (C=O) groups excluding carboxylic acids is 1. The maximum atomic E-state index is 13.1. The lowest BCUT2D eigenvalue weighted by molar-refractivity contribution is 0.0803. The summed E-state index contributed by atoms with van der Waals surface area (Å²) in [6.45, 7) is 3.89. The Morgan fingerprint density at radius 2 is 2.30 bits per heavy atom. The lowest BCUT2D eigenvalue weighted by Gasteiger charge is -2.26. The zero-order valence-corrected chi connectivity index (χ0v) is 11.9. The van der Waals surface area contributed by atoms with Gasteiger partial charge in [0, 0.05) is 35.3 Å². The molecule has 20 heavy (non-hydrogen) atoms. The maximum absolute atomic E-state index is 13.1. The highest BCUT2D eigenvalue weighted by molar-refractivity contribution is 6.10. The van der Waals surface area contributed by atoms with Gasteiger partial charge in [0.2, 0.25) is 0 Å². The van der Waals surface area contributed by atoms with E-state index < -0.39 is 0 Å². The third-order valence-electron chi connectivity index (χ3n) is 4.38. The Kier molecular flexibility index (Phi) is 3.53. The van der Waals surface area contributed by atoms with Crippen LogP contribution in [0.25, 0.3) is 10.8 Å². The molecule has 1 fully saturated rings. The second kappa shape index (κ2) is 5.33. The van der Waals surface area contributed by atoms with Crippen molar-refractivity contribution in [1.82, 2.24) is 10.3 Å². The number of nitrogens with one attached hydrogen (secondary N) is 1. The summed E-state index contributed by atoms with van der Waals surface area (Å²) in [5.74, 6) is 0.281. The van der Waals surface area contributed by atoms with Gasteiger partial charge in [0.25, 0.3) is 0 Å². The maximum Gasteiger partial charge on any atom is 0.171 e. The minimum absolute atomic E-state index is 0.223. The number of Topliss-reactive ketones (excluding diaryl/α,β-unsaturated/α-hetero) is 1. The molecule has 1 aliphatic rings. The fraction of sp³-hybridized carbons (Fsp3) is 0.412. The Morgan fingerprint density at radius 3 is 3.05 bits per heavy atom. The summed E-state index contributed by atoms with van der Waals surface area (Å²) in [5, 5.41) is 5.42. The molecule has 1 atom stereocenters. The smallest absolute Gasteiger partial charge is 0.171 e. The van der Waals surface area contributed by atoms with Crippen LogP contribution in [0.3, 0.4) is 0 Å². The molecule has 3 rings (SSSR count). The van der Waals surface area contributed by atoms with Crippen LogP contribution < -0.4 is 5.32 Å². The molecule has 0 radical (unpaired) electrons. The average molecular weight is 268 g/mol. The van der Waals surface area contributed by atoms with Crippen LogP contribution in [0.1, 0.15) is 36.5 Å². The van der Waals surface area contributed by atoms with Crippen LogP contribution >= 0.6 is 0 Å². The molecule has 0 aliphatic carbocycles. The number of ketones is 1. The van der Waals surface area contributed by atoms with E-state index in [4.69, 9.17) is 0 Å². The highest BCUT2D eigenvalue weighted by Gasteiger charge is 2.40. The minimum Gasteiger partial charge on any atom is -0.316 e. The van der Waals surface area contributed by atoms with Crippen molar-refractivity contribution in [2.24, 2.45) is 5.41 Å². The molecule has 104 valence electrons. The molecule has 3 nitrogen and oxygen atoms in total. The van der Waals surface area contributed by atoms with E-state index in [9.17, 15) is 4.79 Å². The van der Waals surface area contributed by atoms with Crippen LogP contribution in [-0.2, 0) is 0 Å². The topological polar surface area (TPSA) is 42.0 Å². The molecule has 3 heteroatoms. The lowest BCUT2D eigenvalue weighted by Crippen LogP contribution is -2.33. The molecule has 0 spiro atoms. The number of hydrogen-bond acceptors (Lipinski definition) is 3. The van der Waals surface area contributed by atoms with Crippen molar-refractivity contribution in [1.29, 1.82) is 0 Å². The number of carbonyl (C=O) groups is 1. The van der Waals surface area contributed by atoms with Gasteiger partial charge in [-0.1, -0.05) is 31.5 Å². The summed E-state index contributed by atoms with van der Waals surface area (Å²) in [7, 11) is 0. The van der Waals surface area contributed by atoms with Crippen LogP contribution in [0.15, 0.2) is 36.7 Å². The van der Waals surface area contributed by atoms with E-state index in [0.29, 0.717) is 0 Å². The van der Waals surface area contributed by atoms with Gasteiger partial charge in [0.15, 0.2) is 5.78 Å². The highest BCUT2D eigenvalue weighted by Crippen LogP contribution is 2.36. The van der Waals surface area contributed by atoms with Crippen molar-refractivity contribution in [3.05, 3.63) is 42.2 Å². The lowest BCUT2D eigenvalue weighted by atomic mass is 9.75. The zero-order chi connectivity index (χ0) is 14.0. The van der Waals surface area contributed by atoms with E-state index in [1.165, 1.54) is 0 Å². The standard InChI is InChI=1S/C17H20N2O/c1-2-7-17(8-10-19-12-17)16(20)14-5-3-4-13-6-9-18-11-15(13)14/h3-6,9,11,19H,2,7-8,10,12H2,1H3. The number of hydrogen-bond donors (Lipinski definition) is 1. The Hall–Kier alpha value is -1.74. The summed E-state index contributed by atoms with van der Waals surface area (Å²) in [5.41, 5.74) is 0.603. The first-order valence-electron chi connectivity index (χ1n) is 7.35. The SMILES string of the molecule is CCCC1(C(=O)c2cccc3ccncc23)CCNC1. The molecular formula is C17H20N2O. The van der Waals surface area contributed by atoms with E-state index >= 15 is 0 Å². The largest absolute Gasteiger partial charge is 0.316 e. The van der Waals surface area contributed by atoms with Gasteiger partial charge in [0.05, 0.1) is 0 Å². The highest BCUT2D eigenvalue weighted by atomic mass is 16.1. The quantitative estimate of drug-likeness (QED) is 0.866. The van der Waals surface area contributed by atoms with Crippen LogP contribution in [0.5, 0.6) is 0 Å². The van der Waals surface area contributed by atoms with Crippen LogP contribution in [-0.4, -0.2) is 23.9 Å². The fourth-order valence-corrected chi connectivity index (χ4v) is 3.34. The van der Waals surface area contributed by atoms with Gasteiger partial charge in [-0.05, 0) is 30.8 Å². The molecule has 1 N–H and O–H groups in total. The van der Waals surface area contributed by atoms with Crippen molar-refractivity contribution >= 4 is 16.6 Å². The zero-order valence-electron chi connectivity index (χ0n) is 11.9. The van der Waals surface area contributed by atoms with Crippen molar-refractivity contribution in [2.45, 2.75) is 26.2 Å². The molecular weight excluding hydrogens is 248 g/mol. The number of fused-ring (bicyclic) bond motifs is 1. The predicted octanol–water partition coefficient (Wildman–Crippen LogP) is 3.20. The Bertz CT molecular complexity index is 624. The average Bonchev–Trinajstić information content (AvgIpc) is 2.96. The third-order valence-corrected chi connectivity index (χ3v) is 4.38. The molecule has 2 heterocycles. The van der Waals surface area contributed by atoms with E-state index in [0.717, 1.165) is 48.7 Å². The van der Waals surface area contributed by atoms with Crippen molar-refractivity contribution in [2.75, 3.05) is 13.1 Å². The van der Waals surface area contributed by atoms with E-state index in [1.807, 2.05) is 30.5 Å². The van der Waals surface area contributed by atoms with Gasteiger partial charge in [0.1, 0.15) is 0 Å². The van der Waals surface area contributed by atoms with Gasteiger partial charge >= 0.3 is 0 Å².